The van der Waals surface area contributed by atoms with Gasteiger partial charge in [-0.05, 0) is 37.3 Å². The van der Waals surface area contributed by atoms with Crippen LogP contribution in [0.3, 0.4) is 0 Å². The second-order valence-corrected chi connectivity index (χ2v) is 9.79. The summed E-state index contributed by atoms with van der Waals surface area (Å²) in [4.78, 5) is 11.5. The van der Waals surface area contributed by atoms with Gasteiger partial charge in [0.05, 0.1) is 14.2 Å². The minimum atomic E-state index is -1.82. The Morgan fingerprint density at radius 2 is 1.71 bits per heavy atom. The summed E-state index contributed by atoms with van der Waals surface area (Å²) in [6.07, 6.45) is 6.75. The molecular formula is C16H22O4Si. The molecule has 0 saturated heterocycles. The standard InChI is InChI=1S/C16H22O4Si/c1-18-14-11-10-13(12-15(14)19-2)8-6-7-9-16(17)20-21(3,4)5/h6-12H,1-5H3/b8-6+,9-7+. The van der Waals surface area contributed by atoms with Gasteiger partial charge >= 0.3 is 5.97 Å². The van der Waals surface area contributed by atoms with Gasteiger partial charge in [-0.25, -0.2) is 4.79 Å². The summed E-state index contributed by atoms with van der Waals surface area (Å²) in [6.45, 7) is 5.91. The zero-order valence-electron chi connectivity index (χ0n) is 13.2. The predicted molar refractivity (Wildman–Crippen MR) is 87.2 cm³/mol. The van der Waals surface area contributed by atoms with E-state index in [9.17, 15) is 4.79 Å². The highest BCUT2D eigenvalue weighted by atomic mass is 28.4. The third-order valence-electron chi connectivity index (χ3n) is 2.45. The molecule has 0 heterocycles. The third-order valence-corrected chi connectivity index (χ3v) is 3.26. The van der Waals surface area contributed by atoms with Crippen LogP contribution in [0.25, 0.3) is 6.08 Å². The maximum Gasteiger partial charge on any atom is 0.317 e. The molecule has 1 aromatic rings. The highest BCUT2D eigenvalue weighted by molar-refractivity contribution is 6.71. The number of ether oxygens (including phenoxy) is 2. The van der Waals surface area contributed by atoms with Crippen LogP contribution in [0.1, 0.15) is 5.56 Å². The fraction of sp³-hybridized carbons (Fsp3) is 0.312. The lowest BCUT2D eigenvalue weighted by atomic mass is 10.2. The normalized spacial score (nSPS) is 11.9. The molecule has 5 heteroatoms. The van der Waals surface area contributed by atoms with Crippen molar-refractivity contribution >= 4 is 20.4 Å². The molecule has 0 aliphatic carbocycles. The number of benzene rings is 1. The maximum absolute atomic E-state index is 11.5. The summed E-state index contributed by atoms with van der Waals surface area (Å²) in [5.74, 6) is 1.05. The predicted octanol–water partition coefficient (Wildman–Crippen LogP) is 3.65. The third kappa shape index (κ3) is 6.31. The molecule has 21 heavy (non-hydrogen) atoms. The quantitative estimate of drug-likeness (QED) is 0.457. The van der Waals surface area contributed by atoms with E-state index in [1.807, 2.05) is 43.9 Å². The van der Waals surface area contributed by atoms with Crippen LogP contribution >= 0.6 is 0 Å². The first-order chi connectivity index (χ1) is 9.85. The molecule has 0 radical (unpaired) electrons. The number of allylic oxidation sites excluding steroid dienone is 2. The van der Waals surface area contributed by atoms with Gasteiger partial charge in [-0.1, -0.05) is 24.3 Å². The molecule has 0 amide bonds. The van der Waals surface area contributed by atoms with Crippen molar-refractivity contribution in [3.63, 3.8) is 0 Å². The molecule has 0 fully saturated rings. The van der Waals surface area contributed by atoms with Gasteiger partial charge < -0.3 is 13.9 Å². The Kier molecular flexibility index (Phi) is 6.24. The van der Waals surface area contributed by atoms with Crippen LogP contribution in [0.4, 0.5) is 0 Å². The van der Waals surface area contributed by atoms with Gasteiger partial charge in [0.2, 0.25) is 8.32 Å². The van der Waals surface area contributed by atoms with Gasteiger partial charge in [0.15, 0.2) is 11.5 Å². The molecule has 1 aromatic carbocycles. The van der Waals surface area contributed by atoms with Crippen molar-refractivity contribution in [2.75, 3.05) is 14.2 Å². The first kappa shape index (κ1) is 17.0. The Morgan fingerprint density at radius 3 is 2.29 bits per heavy atom. The molecule has 0 unspecified atom stereocenters. The minimum Gasteiger partial charge on any atom is -0.517 e. The van der Waals surface area contributed by atoms with Gasteiger partial charge in [0, 0.05) is 6.08 Å². The van der Waals surface area contributed by atoms with E-state index in [2.05, 4.69) is 0 Å². The summed E-state index contributed by atoms with van der Waals surface area (Å²) >= 11 is 0. The fourth-order valence-electron chi connectivity index (χ4n) is 1.59. The number of carbonyl (C=O) groups excluding carboxylic acids is 1. The van der Waals surface area contributed by atoms with E-state index in [0.29, 0.717) is 11.5 Å². The highest BCUT2D eigenvalue weighted by Crippen LogP contribution is 2.27. The second-order valence-electron chi connectivity index (χ2n) is 5.37. The van der Waals surface area contributed by atoms with Gasteiger partial charge in [-0.3, -0.25) is 0 Å². The van der Waals surface area contributed by atoms with Crippen molar-refractivity contribution in [1.29, 1.82) is 0 Å². The van der Waals surface area contributed by atoms with Crippen molar-refractivity contribution in [2.24, 2.45) is 0 Å². The molecule has 0 aromatic heterocycles. The molecule has 0 saturated carbocycles. The smallest absolute Gasteiger partial charge is 0.317 e. The Balaban J connectivity index is 2.67. The highest BCUT2D eigenvalue weighted by Gasteiger charge is 2.17. The Labute approximate surface area is 127 Å². The Morgan fingerprint density at radius 1 is 1.05 bits per heavy atom. The lowest BCUT2D eigenvalue weighted by Crippen LogP contribution is -2.28. The van der Waals surface area contributed by atoms with Gasteiger partial charge in [0.25, 0.3) is 0 Å². The zero-order valence-corrected chi connectivity index (χ0v) is 14.2. The van der Waals surface area contributed by atoms with Crippen LogP contribution in [0.15, 0.2) is 36.4 Å². The van der Waals surface area contributed by atoms with Crippen molar-refractivity contribution in [3.05, 3.63) is 42.0 Å². The average Bonchev–Trinajstić information content (AvgIpc) is 2.41. The van der Waals surface area contributed by atoms with Crippen LogP contribution in [-0.2, 0) is 9.22 Å². The lowest BCUT2D eigenvalue weighted by molar-refractivity contribution is -0.129. The molecule has 0 spiro atoms. The van der Waals surface area contributed by atoms with Crippen LogP contribution < -0.4 is 9.47 Å². The van der Waals surface area contributed by atoms with Crippen molar-refractivity contribution < 1.29 is 18.7 Å². The Bertz CT molecular complexity index is 542. The molecule has 114 valence electrons. The topological polar surface area (TPSA) is 44.8 Å². The van der Waals surface area contributed by atoms with Gasteiger partial charge in [-0.2, -0.15) is 0 Å². The Hall–Kier alpha value is -2.01. The summed E-state index contributed by atoms with van der Waals surface area (Å²) < 4.78 is 15.7. The first-order valence-corrected chi connectivity index (χ1v) is 10.1. The molecule has 0 atom stereocenters. The number of rotatable bonds is 6. The van der Waals surface area contributed by atoms with Gasteiger partial charge in [0.1, 0.15) is 0 Å². The van der Waals surface area contributed by atoms with Crippen LogP contribution in [0.2, 0.25) is 19.6 Å². The second kappa shape index (κ2) is 7.69. The van der Waals surface area contributed by atoms with E-state index in [4.69, 9.17) is 13.9 Å². The van der Waals surface area contributed by atoms with E-state index in [0.717, 1.165) is 5.56 Å². The minimum absolute atomic E-state index is 0.300. The molecule has 1 rings (SSSR count). The number of hydrogen-bond donors (Lipinski definition) is 0. The maximum atomic E-state index is 11.5. The van der Waals surface area contributed by atoms with E-state index in [1.165, 1.54) is 6.08 Å². The lowest BCUT2D eigenvalue weighted by Gasteiger charge is -2.15. The fourth-order valence-corrected chi connectivity index (χ4v) is 2.26. The summed E-state index contributed by atoms with van der Waals surface area (Å²) in [5, 5.41) is 0. The average molecular weight is 306 g/mol. The van der Waals surface area contributed by atoms with Gasteiger partial charge in [-0.15, -0.1) is 0 Å². The largest absolute Gasteiger partial charge is 0.517 e. The van der Waals surface area contributed by atoms with E-state index in [1.54, 1.807) is 26.4 Å². The summed E-state index contributed by atoms with van der Waals surface area (Å²) in [7, 11) is 1.37. The van der Waals surface area contributed by atoms with Crippen molar-refractivity contribution in [2.45, 2.75) is 19.6 Å². The van der Waals surface area contributed by atoms with Crippen molar-refractivity contribution in [1.82, 2.24) is 0 Å². The first-order valence-electron chi connectivity index (χ1n) is 6.65. The molecule has 0 N–H and O–H groups in total. The molecule has 0 bridgehead atoms. The summed E-state index contributed by atoms with van der Waals surface area (Å²) in [5.41, 5.74) is 0.955. The molecule has 0 aliphatic rings. The molecule has 4 nitrogen and oxygen atoms in total. The summed E-state index contributed by atoms with van der Waals surface area (Å²) in [6, 6.07) is 5.61. The van der Waals surface area contributed by atoms with Crippen LogP contribution in [0.5, 0.6) is 11.5 Å². The van der Waals surface area contributed by atoms with E-state index < -0.39 is 8.32 Å². The van der Waals surface area contributed by atoms with Crippen molar-refractivity contribution in [3.8, 4) is 11.5 Å². The van der Waals surface area contributed by atoms with Crippen LogP contribution in [0, 0.1) is 0 Å². The molecular weight excluding hydrogens is 284 g/mol. The number of methoxy groups -OCH3 is 2. The monoisotopic (exact) mass is 306 g/mol. The SMILES string of the molecule is COc1ccc(/C=C/C=C/C(=O)O[Si](C)(C)C)cc1OC. The van der Waals surface area contributed by atoms with E-state index in [-0.39, 0.29) is 5.97 Å². The number of hydrogen-bond acceptors (Lipinski definition) is 4. The zero-order chi connectivity index (χ0) is 15.9. The van der Waals surface area contributed by atoms with Crippen LogP contribution in [-0.4, -0.2) is 28.5 Å². The molecule has 0 aliphatic heterocycles. The van der Waals surface area contributed by atoms with E-state index >= 15 is 0 Å². The number of carbonyl (C=O) groups is 1.